The summed E-state index contributed by atoms with van der Waals surface area (Å²) in [5.41, 5.74) is 13.5. The molecule has 266 valence electrons. The molecule has 0 saturated carbocycles. The third-order valence-corrected chi connectivity index (χ3v) is 7.88. The molecule has 6 aromatic rings. The van der Waals surface area contributed by atoms with Gasteiger partial charge in [-0.1, -0.05) is 36.4 Å². The van der Waals surface area contributed by atoms with E-state index < -0.39 is 4.92 Å². The summed E-state index contributed by atoms with van der Waals surface area (Å²) in [6, 6.07) is 30.1. The Morgan fingerprint density at radius 1 is 0.615 bits per heavy atom. The summed E-state index contributed by atoms with van der Waals surface area (Å²) in [5.74, 6) is 2.49. The van der Waals surface area contributed by atoms with Crippen LogP contribution in [0.3, 0.4) is 0 Å². The van der Waals surface area contributed by atoms with Crippen molar-refractivity contribution in [2.45, 2.75) is 26.7 Å². The maximum atomic E-state index is 11.2. The van der Waals surface area contributed by atoms with Gasteiger partial charge in [-0.25, -0.2) is 19.9 Å². The number of anilines is 1. The van der Waals surface area contributed by atoms with Crippen molar-refractivity contribution >= 4 is 11.4 Å². The van der Waals surface area contributed by atoms with Gasteiger partial charge in [-0.3, -0.25) is 10.1 Å². The Hall–Kier alpha value is -6.56. The van der Waals surface area contributed by atoms with Crippen LogP contribution in [0.4, 0.5) is 11.4 Å². The standard InChI is InChI=1S/C20H19N3O4.C20H21N3O2/c1-3-27-19-7-5-4-6-16(19)17-12-15(21-13-22-17)10-14-8-9-20(26-2)18(11-14)23(24)25;1-3-25-19-7-5-4-6-16(19)18-12-15(22-13-23-18)10-14-8-9-20(24-2)17(21)11-14/h4-9,11-13H,3,10H2,1-2H3;4-9,11-13H,3,10,21H2,1-2H3. The summed E-state index contributed by atoms with van der Waals surface area (Å²) in [4.78, 5) is 28.2. The van der Waals surface area contributed by atoms with Gasteiger partial charge in [0.1, 0.15) is 29.9 Å². The molecule has 2 N–H and O–H groups in total. The summed E-state index contributed by atoms with van der Waals surface area (Å²) < 4.78 is 21.6. The van der Waals surface area contributed by atoms with Crippen molar-refractivity contribution in [3.05, 3.63) is 142 Å². The van der Waals surface area contributed by atoms with Gasteiger partial charge in [0.05, 0.1) is 49.4 Å². The Morgan fingerprint density at radius 2 is 1.10 bits per heavy atom. The summed E-state index contributed by atoms with van der Waals surface area (Å²) in [6.45, 7) is 5.07. The molecule has 12 heteroatoms. The number of rotatable bonds is 13. The molecule has 0 unspecified atom stereocenters. The van der Waals surface area contributed by atoms with Gasteiger partial charge in [0.15, 0.2) is 5.75 Å². The SMILES string of the molecule is CCOc1ccccc1-c1cc(Cc2ccc(OC)c(N)c2)ncn1.CCOc1ccccc1-c1cc(Cc2ccc(OC)c([N+](=O)[O-])c2)ncn1. The fraction of sp³-hybridized carbons (Fsp3) is 0.200. The van der Waals surface area contributed by atoms with Crippen LogP contribution in [0.15, 0.2) is 110 Å². The highest BCUT2D eigenvalue weighted by atomic mass is 16.6. The molecule has 0 spiro atoms. The van der Waals surface area contributed by atoms with E-state index in [1.807, 2.05) is 92.7 Å². The fourth-order valence-corrected chi connectivity index (χ4v) is 5.50. The van der Waals surface area contributed by atoms with E-state index >= 15 is 0 Å². The number of nitro groups is 1. The predicted molar refractivity (Wildman–Crippen MR) is 200 cm³/mol. The van der Waals surface area contributed by atoms with Crippen molar-refractivity contribution in [3.63, 3.8) is 0 Å². The second-order valence-electron chi connectivity index (χ2n) is 11.3. The number of aromatic nitrogens is 4. The highest BCUT2D eigenvalue weighted by Crippen LogP contribution is 2.32. The quantitative estimate of drug-likeness (QED) is 0.0713. The van der Waals surface area contributed by atoms with Crippen LogP contribution in [-0.4, -0.2) is 52.3 Å². The molecule has 0 amide bonds. The van der Waals surface area contributed by atoms with Gasteiger partial charge in [0.2, 0.25) is 0 Å². The van der Waals surface area contributed by atoms with E-state index in [0.29, 0.717) is 37.5 Å². The van der Waals surface area contributed by atoms with Crippen molar-refractivity contribution in [2.75, 3.05) is 33.2 Å². The van der Waals surface area contributed by atoms with Crippen LogP contribution < -0.4 is 24.7 Å². The van der Waals surface area contributed by atoms with Gasteiger partial charge in [0.25, 0.3) is 0 Å². The summed E-state index contributed by atoms with van der Waals surface area (Å²) in [5, 5.41) is 11.2. The Balaban J connectivity index is 0.000000202. The van der Waals surface area contributed by atoms with E-state index in [1.54, 1.807) is 25.6 Å². The largest absolute Gasteiger partial charge is 0.495 e. The zero-order valence-corrected chi connectivity index (χ0v) is 29.5. The summed E-state index contributed by atoms with van der Waals surface area (Å²) >= 11 is 0. The van der Waals surface area contributed by atoms with Gasteiger partial charge in [0, 0.05) is 41.4 Å². The van der Waals surface area contributed by atoms with E-state index in [4.69, 9.17) is 24.7 Å². The molecular weight excluding hydrogens is 660 g/mol. The zero-order valence-electron chi connectivity index (χ0n) is 29.5. The molecule has 0 fully saturated rings. The Labute approximate surface area is 302 Å². The third kappa shape index (κ3) is 9.36. The number of benzene rings is 4. The van der Waals surface area contributed by atoms with Crippen LogP contribution in [0, 0.1) is 10.1 Å². The molecule has 12 nitrogen and oxygen atoms in total. The summed E-state index contributed by atoms with van der Waals surface area (Å²) in [7, 11) is 3.02. The number of nitrogens with two attached hydrogens (primary N) is 1. The lowest BCUT2D eigenvalue weighted by Gasteiger charge is -2.10. The van der Waals surface area contributed by atoms with Crippen LogP contribution >= 0.6 is 0 Å². The zero-order chi connectivity index (χ0) is 36.9. The lowest BCUT2D eigenvalue weighted by molar-refractivity contribution is -0.385. The minimum Gasteiger partial charge on any atom is -0.495 e. The third-order valence-electron chi connectivity index (χ3n) is 7.88. The highest BCUT2D eigenvalue weighted by molar-refractivity contribution is 5.68. The highest BCUT2D eigenvalue weighted by Gasteiger charge is 2.16. The number of nitro benzene ring substituents is 1. The predicted octanol–water partition coefficient (Wildman–Crippen LogP) is 7.77. The Morgan fingerprint density at radius 3 is 1.56 bits per heavy atom. The number of nitrogen functional groups attached to an aromatic ring is 1. The van der Waals surface area contributed by atoms with Crippen LogP contribution in [-0.2, 0) is 12.8 Å². The molecule has 6 rings (SSSR count). The second-order valence-corrected chi connectivity index (χ2v) is 11.3. The number of para-hydroxylation sites is 2. The first kappa shape index (κ1) is 36.7. The number of ether oxygens (including phenoxy) is 4. The van der Waals surface area contributed by atoms with E-state index in [-0.39, 0.29) is 11.4 Å². The number of hydrogen-bond donors (Lipinski definition) is 1. The molecular formula is C40H40N6O6. The molecule has 0 radical (unpaired) electrons. The lowest BCUT2D eigenvalue weighted by atomic mass is 10.1. The van der Waals surface area contributed by atoms with Crippen molar-refractivity contribution in [1.29, 1.82) is 0 Å². The molecule has 0 bridgehead atoms. The van der Waals surface area contributed by atoms with Crippen molar-refractivity contribution in [2.24, 2.45) is 0 Å². The maximum absolute atomic E-state index is 11.2. The van der Waals surface area contributed by atoms with Crippen molar-refractivity contribution in [1.82, 2.24) is 19.9 Å². The molecule has 2 aromatic heterocycles. The summed E-state index contributed by atoms with van der Waals surface area (Å²) in [6.07, 6.45) is 4.18. The molecule has 0 aliphatic rings. The molecule has 0 aliphatic heterocycles. The molecule has 2 heterocycles. The van der Waals surface area contributed by atoms with Gasteiger partial charge in [-0.2, -0.15) is 0 Å². The number of hydrogen-bond acceptors (Lipinski definition) is 11. The van der Waals surface area contributed by atoms with E-state index in [9.17, 15) is 10.1 Å². The van der Waals surface area contributed by atoms with E-state index in [0.717, 1.165) is 56.5 Å². The lowest BCUT2D eigenvalue weighted by Crippen LogP contribution is -1.99. The number of nitrogens with zero attached hydrogens (tertiary/aromatic N) is 5. The molecule has 0 atom stereocenters. The van der Waals surface area contributed by atoms with Crippen LogP contribution in [0.5, 0.6) is 23.0 Å². The van der Waals surface area contributed by atoms with E-state index in [2.05, 4.69) is 19.9 Å². The molecule has 52 heavy (non-hydrogen) atoms. The Bertz CT molecular complexity index is 2130. The maximum Gasteiger partial charge on any atom is 0.311 e. The first-order valence-electron chi connectivity index (χ1n) is 16.6. The van der Waals surface area contributed by atoms with E-state index in [1.165, 1.54) is 19.5 Å². The topological polar surface area (TPSA) is 158 Å². The molecule has 0 saturated heterocycles. The normalized spacial score (nSPS) is 10.5. The minimum atomic E-state index is -0.452. The van der Waals surface area contributed by atoms with Gasteiger partial charge in [-0.05, 0) is 79.6 Å². The minimum absolute atomic E-state index is 0.0639. The molecule has 0 aliphatic carbocycles. The van der Waals surface area contributed by atoms with Crippen LogP contribution in [0.25, 0.3) is 22.5 Å². The van der Waals surface area contributed by atoms with Gasteiger partial charge < -0.3 is 24.7 Å². The number of methoxy groups -OCH3 is 2. The van der Waals surface area contributed by atoms with Crippen LogP contribution in [0.1, 0.15) is 36.4 Å². The van der Waals surface area contributed by atoms with Gasteiger partial charge in [-0.15, -0.1) is 0 Å². The van der Waals surface area contributed by atoms with Crippen molar-refractivity contribution < 1.29 is 23.9 Å². The molecule has 4 aromatic carbocycles. The first-order valence-corrected chi connectivity index (χ1v) is 16.6. The monoisotopic (exact) mass is 700 g/mol. The average Bonchev–Trinajstić information content (AvgIpc) is 3.16. The van der Waals surface area contributed by atoms with Crippen molar-refractivity contribution in [3.8, 4) is 45.5 Å². The van der Waals surface area contributed by atoms with Crippen LogP contribution in [0.2, 0.25) is 0 Å². The van der Waals surface area contributed by atoms with Gasteiger partial charge >= 0.3 is 5.69 Å². The Kier molecular flexibility index (Phi) is 12.6. The fourth-order valence-electron chi connectivity index (χ4n) is 5.50. The first-order chi connectivity index (χ1) is 25.3. The average molecular weight is 701 g/mol. The smallest absolute Gasteiger partial charge is 0.311 e. The second kappa shape index (κ2) is 17.9.